The van der Waals surface area contributed by atoms with Crippen LogP contribution in [0.4, 0.5) is 4.39 Å². The zero-order valence-corrected chi connectivity index (χ0v) is 19.4. The quantitative estimate of drug-likeness (QED) is 0.222. The Balaban J connectivity index is 1.78. The molecule has 0 bridgehead atoms. The van der Waals surface area contributed by atoms with Crippen LogP contribution in [-0.2, 0) is 0 Å². The molecule has 4 aromatic rings. The zero-order chi connectivity index (χ0) is 24.2. The summed E-state index contributed by atoms with van der Waals surface area (Å²) in [6, 6.07) is 22.0. The molecular formula is C31H25FO2. The Hall–Kier alpha value is -4.11. The van der Waals surface area contributed by atoms with Crippen molar-refractivity contribution in [3.05, 3.63) is 118 Å². The van der Waals surface area contributed by atoms with Gasteiger partial charge in [-0.25, -0.2) is 4.39 Å². The molecular weight excluding hydrogens is 423 g/mol. The molecule has 4 rings (SSSR count). The summed E-state index contributed by atoms with van der Waals surface area (Å²) >= 11 is 0. The van der Waals surface area contributed by atoms with Crippen LogP contribution in [0.3, 0.4) is 0 Å². The van der Waals surface area contributed by atoms with Gasteiger partial charge >= 0.3 is 0 Å². The van der Waals surface area contributed by atoms with Crippen molar-refractivity contribution in [3.63, 3.8) is 0 Å². The first-order chi connectivity index (χ1) is 16.4. The van der Waals surface area contributed by atoms with E-state index in [9.17, 15) is 14.0 Å². The van der Waals surface area contributed by atoms with Crippen LogP contribution < -0.4 is 0 Å². The van der Waals surface area contributed by atoms with E-state index in [-0.39, 0.29) is 5.82 Å². The van der Waals surface area contributed by atoms with Gasteiger partial charge in [0, 0.05) is 16.7 Å². The first kappa shape index (κ1) is 23.1. The average Bonchev–Trinajstić information content (AvgIpc) is 2.85. The van der Waals surface area contributed by atoms with Gasteiger partial charge in [0.25, 0.3) is 0 Å². The smallest absolute Gasteiger partial charge is 0.150 e. The predicted molar refractivity (Wildman–Crippen MR) is 138 cm³/mol. The van der Waals surface area contributed by atoms with Gasteiger partial charge in [0.1, 0.15) is 18.4 Å². The molecule has 0 spiro atoms. The summed E-state index contributed by atoms with van der Waals surface area (Å²) < 4.78 is 14.7. The van der Waals surface area contributed by atoms with Gasteiger partial charge in [-0.1, -0.05) is 60.7 Å². The Morgan fingerprint density at radius 2 is 1.15 bits per heavy atom. The number of halogens is 1. The maximum atomic E-state index is 14.7. The number of benzene rings is 4. The number of aryl methyl sites for hydroxylation is 1. The van der Waals surface area contributed by atoms with Crippen LogP contribution in [0.2, 0.25) is 0 Å². The first-order valence-electron chi connectivity index (χ1n) is 11.1. The molecule has 34 heavy (non-hydrogen) atoms. The van der Waals surface area contributed by atoms with Gasteiger partial charge in [-0.05, 0) is 89.5 Å². The Kier molecular flexibility index (Phi) is 6.65. The van der Waals surface area contributed by atoms with Gasteiger partial charge in [0.15, 0.2) is 0 Å². The molecule has 0 aromatic heterocycles. The Morgan fingerprint density at radius 3 is 1.85 bits per heavy atom. The van der Waals surface area contributed by atoms with Crippen molar-refractivity contribution in [2.75, 3.05) is 0 Å². The summed E-state index contributed by atoms with van der Waals surface area (Å²) in [5, 5.41) is 0. The number of carbonyl (C=O) groups excluding carboxylic acids is 2. The molecule has 0 atom stereocenters. The Morgan fingerprint density at radius 1 is 0.588 bits per heavy atom. The summed E-state index contributed by atoms with van der Waals surface area (Å²) in [5.74, 6) is -0.354. The molecule has 3 heteroatoms. The average molecular weight is 449 g/mol. The fourth-order valence-electron chi connectivity index (χ4n) is 4.26. The second-order valence-corrected chi connectivity index (χ2v) is 8.42. The number of hydrogen-bond acceptors (Lipinski definition) is 2. The van der Waals surface area contributed by atoms with Crippen molar-refractivity contribution in [1.29, 1.82) is 0 Å². The highest BCUT2D eigenvalue weighted by Gasteiger charge is 2.14. The number of aldehydes is 2. The Bertz CT molecular complexity index is 1430. The molecule has 4 aromatic carbocycles. The van der Waals surface area contributed by atoms with Gasteiger partial charge in [-0.2, -0.15) is 0 Å². The molecule has 168 valence electrons. The van der Waals surface area contributed by atoms with E-state index in [2.05, 4.69) is 25.1 Å². The van der Waals surface area contributed by atoms with Crippen molar-refractivity contribution < 1.29 is 14.0 Å². The molecule has 0 fully saturated rings. The fraction of sp³-hybridized carbons (Fsp3) is 0.0968. The second kappa shape index (κ2) is 9.80. The number of hydrogen-bond donors (Lipinski definition) is 0. The Labute approximate surface area is 199 Å². The largest absolute Gasteiger partial charge is 0.298 e. The minimum atomic E-state index is -0.354. The molecule has 0 saturated heterocycles. The monoisotopic (exact) mass is 448 g/mol. The SMILES string of the molecule is Cc1ccc(C=O)cc1/C=C/c1cccc(-c2cccc(-c3cc(C=O)ccc3F)c2C)c1C. The lowest BCUT2D eigenvalue weighted by Crippen LogP contribution is -1.95. The molecule has 0 aliphatic carbocycles. The first-order valence-corrected chi connectivity index (χ1v) is 11.1. The lowest BCUT2D eigenvalue weighted by atomic mass is 9.89. The molecule has 0 unspecified atom stereocenters. The van der Waals surface area contributed by atoms with Crippen LogP contribution in [0.15, 0.2) is 72.8 Å². The van der Waals surface area contributed by atoms with Crippen LogP contribution >= 0.6 is 0 Å². The topological polar surface area (TPSA) is 34.1 Å². The minimum absolute atomic E-state index is 0.354. The third kappa shape index (κ3) is 4.51. The van der Waals surface area contributed by atoms with Crippen LogP contribution in [0, 0.1) is 26.6 Å². The zero-order valence-electron chi connectivity index (χ0n) is 19.4. The van der Waals surface area contributed by atoms with E-state index < -0.39 is 0 Å². The van der Waals surface area contributed by atoms with Crippen molar-refractivity contribution >= 4 is 24.7 Å². The third-order valence-corrected chi connectivity index (χ3v) is 6.30. The highest BCUT2D eigenvalue weighted by molar-refractivity contribution is 5.85. The van der Waals surface area contributed by atoms with E-state index in [1.54, 1.807) is 6.07 Å². The molecule has 0 amide bonds. The normalized spacial score (nSPS) is 11.1. The molecule has 0 radical (unpaired) electrons. The lowest BCUT2D eigenvalue weighted by molar-refractivity contribution is 0.111. The molecule has 0 aliphatic heterocycles. The van der Waals surface area contributed by atoms with Crippen LogP contribution in [0.5, 0.6) is 0 Å². The maximum Gasteiger partial charge on any atom is 0.150 e. The molecule has 0 saturated carbocycles. The van der Waals surface area contributed by atoms with Gasteiger partial charge < -0.3 is 0 Å². The van der Waals surface area contributed by atoms with E-state index in [4.69, 9.17) is 0 Å². The summed E-state index contributed by atoms with van der Waals surface area (Å²) in [5.41, 5.74) is 9.56. The molecule has 0 heterocycles. The van der Waals surface area contributed by atoms with Crippen molar-refractivity contribution in [3.8, 4) is 22.3 Å². The van der Waals surface area contributed by atoms with E-state index in [1.807, 2.05) is 62.4 Å². The fourth-order valence-corrected chi connectivity index (χ4v) is 4.26. The maximum absolute atomic E-state index is 14.7. The van der Waals surface area contributed by atoms with E-state index in [0.29, 0.717) is 16.7 Å². The highest BCUT2D eigenvalue weighted by atomic mass is 19.1. The standard InChI is InChI=1S/C31H25FO2/c1-20-10-11-23(18-33)16-26(20)14-13-25-6-4-7-27(21(25)2)28-8-5-9-29(22(28)3)30-17-24(19-34)12-15-31(30)32/h4-19H,1-3H3/b14-13+. The lowest BCUT2D eigenvalue weighted by Gasteiger charge is -2.16. The van der Waals surface area contributed by atoms with Crippen LogP contribution in [-0.4, -0.2) is 12.6 Å². The van der Waals surface area contributed by atoms with Crippen LogP contribution in [0.25, 0.3) is 34.4 Å². The summed E-state index contributed by atoms with van der Waals surface area (Å²) in [4.78, 5) is 22.4. The summed E-state index contributed by atoms with van der Waals surface area (Å²) in [6.07, 6.45) is 5.67. The minimum Gasteiger partial charge on any atom is -0.298 e. The van der Waals surface area contributed by atoms with Crippen molar-refractivity contribution in [2.45, 2.75) is 20.8 Å². The van der Waals surface area contributed by atoms with Crippen LogP contribution in [0.1, 0.15) is 48.5 Å². The van der Waals surface area contributed by atoms with Gasteiger partial charge in [0.05, 0.1) is 0 Å². The van der Waals surface area contributed by atoms with E-state index >= 15 is 0 Å². The second-order valence-electron chi connectivity index (χ2n) is 8.42. The number of carbonyl (C=O) groups is 2. The summed E-state index contributed by atoms with van der Waals surface area (Å²) in [6.45, 7) is 6.07. The highest BCUT2D eigenvalue weighted by Crippen LogP contribution is 2.35. The molecule has 0 aliphatic rings. The third-order valence-electron chi connectivity index (χ3n) is 6.30. The number of rotatable bonds is 6. The molecule has 0 N–H and O–H groups in total. The van der Waals surface area contributed by atoms with Gasteiger partial charge in [-0.15, -0.1) is 0 Å². The molecule has 2 nitrogen and oxygen atoms in total. The van der Waals surface area contributed by atoms with Gasteiger partial charge in [-0.3, -0.25) is 9.59 Å². The van der Waals surface area contributed by atoms with E-state index in [1.165, 1.54) is 12.1 Å². The summed E-state index contributed by atoms with van der Waals surface area (Å²) in [7, 11) is 0. The predicted octanol–water partition coefficient (Wildman–Crippen LogP) is 7.88. The van der Waals surface area contributed by atoms with E-state index in [0.717, 1.165) is 57.1 Å². The van der Waals surface area contributed by atoms with Crippen molar-refractivity contribution in [2.24, 2.45) is 0 Å². The van der Waals surface area contributed by atoms with Gasteiger partial charge in [0.2, 0.25) is 0 Å². The van der Waals surface area contributed by atoms with Crippen molar-refractivity contribution in [1.82, 2.24) is 0 Å².